The van der Waals surface area contributed by atoms with Gasteiger partial charge in [0.2, 0.25) is 0 Å². The van der Waals surface area contributed by atoms with Crippen molar-refractivity contribution >= 4 is 23.2 Å². The van der Waals surface area contributed by atoms with Crippen LogP contribution in [-0.2, 0) is 6.61 Å². The fourth-order valence-corrected chi connectivity index (χ4v) is 3.00. The van der Waals surface area contributed by atoms with Gasteiger partial charge < -0.3 is 19.5 Å². The summed E-state index contributed by atoms with van der Waals surface area (Å²) >= 11 is 6.17. The van der Waals surface area contributed by atoms with Gasteiger partial charge in [0.15, 0.2) is 11.5 Å². The number of hydrogen-bond acceptors (Lipinski definition) is 4. The molecule has 1 amide bonds. The zero-order valence-corrected chi connectivity index (χ0v) is 17.2. The number of carbonyl (C=O) groups is 1. The zero-order valence-electron chi connectivity index (χ0n) is 16.5. The quantitative estimate of drug-likeness (QED) is 0.558. The van der Waals surface area contributed by atoms with E-state index in [1.807, 2.05) is 49.4 Å². The topological polar surface area (TPSA) is 56.8 Å². The molecule has 0 aromatic heterocycles. The normalized spacial score (nSPS) is 10.3. The van der Waals surface area contributed by atoms with Crippen molar-refractivity contribution in [2.45, 2.75) is 13.5 Å². The van der Waals surface area contributed by atoms with Crippen LogP contribution in [0.1, 0.15) is 21.5 Å². The van der Waals surface area contributed by atoms with Crippen molar-refractivity contribution in [2.75, 3.05) is 19.5 Å². The van der Waals surface area contributed by atoms with Crippen LogP contribution in [0.15, 0.2) is 60.7 Å². The van der Waals surface area contributed by atoms with Crippen LogP contribution in [0.5, 0.6) is 17.2 Å². The largest absolute Gasteiger partial charge is 0.495 e. The Morgan fingerprint density at radius 3 is 2.38 bits per heavy atom. The van der Waals surface area contributed by atoms with Crippen LogP contribution in [0.4, 0.5) is 5.69 Å². The van der Waals surface area contributed by atoms with E-state index >= 15 is 0 Å². The first kappa shape index (κ1) is 20.6. The summed E-state index contributed by atoms with van der Waals surface area (Å²) in [5.41, 5.74) is 2.93. The molecule has 6 heteroatoms. The maximum Gasteiger partial charge on any atom is 0.255 e. The summed E-state index contributed by atoms with van der Waals surface area (Å²) in [5, 5.41) is 3.51. The lowest BCUT2D eigenvalue weighted by Crippen LogP contribution is -2.13. The van der Waals surface area contributed by atoms with Crippen LogP contribution >= 0.6 is 11.6 Å². The van der Waals surface area contributed by atoms with Crippen molar-refractivity contribution in [3.05, 3.63) is 82.4 Å². The number of amides is 1. The van der Waals surface area contributed by atoms with Crippen molar-refractivity contribution in [2.24, 2.45) is 0 Å². The molecule has 5 nitrogen and oxygen atoms in total. The molecule has 150 valence electrons. The molecule has 0 aliphatic carbocycles. The lowest BCUT2D eigenvalue weighted by Gasteiger charge is -2.14. The lowest BCUT2D eigenvalue weighted by molar-refractivity contribution is 0.102. The number of nitrogens with one attached hydrogen (secondary N) is 1. The maximum atomic E-state index is 12.7. The Bertz CT molecular complexity index is 1020. The van der Waals surface area contributed by atoms with Gasteiger partial charge in [-0.3, -0.25) is 4.79 Å². The Kier molecular flexibility index (Phi) is 6.62. The van der Waals surface area contributed by atoms with Crippen molar-refractivity contribution < 1.29 is 19.0 Å². The Morgan fingerprint density at radius 2 is 1.66 bits per heavy atom. The molecular weight excluding hydrogens is 390 g/mol. The SMILES string of the molecule is COc1ccc(C)cc1NC(=O)c1ccc(OCc2ccccc2Cl)c(OC)c1. The van der Waals surface area contributed by atoms with E-state index in [1.54, 1.807) is 25.3 Å². The highest BCUT2D eigenvalue weighted by molar-refractivity contribution is 6.31. The summed E-state index contributed by atoms with van der Waals surface area (Å²) < 4.78 is 16.6. The number of aryl methyl sites for hydroxylation is 1. The molecular formula is C23H22ClNO4. The molecule has 0 fully saturated rings. The summed E-state index contributed by atoms with van der Waals surface area (Å²) in [6.45, 7) is 2.24. The molecule has 0 spiro atoms. The first-order valence-corrected chi connectivity index (χ1v) is 9.40. The zero-order chi connectivity index (χ0) is 20.8. The summed E-state index contributed by atoms with van der Waals surface area (Å²) in [5.74, 6) is 1.30. The number of benzene rings is 3. The van der Waals surface area contributed by atoms with Gasteiger partial charge in [0.1, 0.15) is 12.4 Å². The Labute approximate surface area is 175 Å². The summed E-state index contributed by atoms with van der Waals surface area (Å²) in [7, 11) is 3.09. The van der Waals surface area contributed by atoms with E-state index in [0.29, 0.717) is 40.1 Å². The first-order valence-electron chi connectivity index (χ1n) is 9.02. The highest BCUT2D eigenvalue weighted by Gasteiger charge is 2.14. The summed E-state index contributed by atoms with van der Waals surface area (Å²) in [4.78, 5) is 12.7. The van der Waals surface area contributed by atoms with E-state index in [1.165, 1.54) is 7.11 Å². The van der Waals surface area contributed by atoms with E-state index in [2.05, 4.69) is 5.32 Å². The second-order valence-electron chi connectivity index (χ2n) is 6.40. The first-order chi connectivity index (χ1) is 14.0. The van der Waals surface area contributed by atoms with Crippen LogP contribution in [-0.4, -0.2) is 20.1 Å². The van der Waals surface area contributed by atoms with E-state index in [-0.39, 0.29) is 5.91 Å². The molecule has 0 heterocycles. The van der Waals surface area contributed by atoms with Crippen molar-refractivity contribution in [1.29, 1.82) is 0 Å². The van der Waals surface area contributed by atoms with Crippen molar-refractivity contribution in [3.8, 4) is 17.2 Å². The van der Waals surface area contributed by atoms with Crippen LogP contribution in [0.25, 0.3) is 0 Å². The number of rotatable bonds is 7. The molecule has 0 bridgehead atoms. The predicted molar refractivity (Wildman–Crippen MR) is 114 cm³/mol. The van der Waals surface area contributed by atoms with Crippen LogP contribution in [0.3, 0.4) is 0 Å². The molecule has 0 saturated heterocycles. The molecule has 0 aliphatic heterocycles. The molecule has 3 aromatic carbocycles. The van der Waals surface area contributed by atoms with Gasteiger partial charge in [0.05, 0.1) is 19.9 Å². The number of carbonyl (C=O) groups excluding carboxylic acids is 1. The Morgan fingerprint density at radius 1 is 0.931 bits per heavy atom. The summed E-state index contributed by atoms with van der Waals surface area (Å²) in [6, 6.07) is 18.1. The number of ether oxygens (including phenoxy) is 3. The van der Waals surface area contributed by atoms with Gasteiger partial charge >= 0.3 is 0 Å². The van der Waals surface area contributed by atoms with Gasteiger partial charge in [-0.2, -0.15) is 0 Å². The number of halogens is 1. The number of hydrogen-bond donors (Lipinski definition) is 1. The second kappa shape index (κ2) is 9.34. The third-order valence-corrected chi connectivity index (χ3v) is 4.74. The van der Waals surface area contributed by atoms with Gasteiger partial charge in [-0.05, 0) is 48.9 Å². The van der Waals surface area contributed by atoms with Gasteiger partial charge in [-0.1, -0.05) is 35.9 Å². The van der Waals surface area contributed by atoms with Gasteiger partial charge in [-0.15, -0.1) is 0 Å². The standard InChI is InChI=1S/C23H22ClNO4/c1-15-8-10-20(27-2)19(12-15)25-23(26)16-9-11-21(22(13-16)28-3)29-14-17-6-4-5-7-18(17)24/h4-13H,14H2,1-3H3,(H,25,26). The lowest BCUT2D eigenvalue weighted by atomic mass is 10.1. The minimum Gasteiger partial charge on any atom is -0.495 e. The van der Waals surface area contributed by atoms with Crippen molar-refractivity contribution in [3.63, 3.8) is 0 Å². The minimum atomic E-state index is -0.273. The van der Waals surface area contributed by atoms with Gasteiger partial charge in [0, 0.05) is 16.1 Å². The highest BCUT2D eigenvalue weighted by Crippen LogP contribution is 2.31. The molecule has 29 heavy (non-hydrogen) atoms. The fraction of sp³-hybridized carbons (Fsp3) is 0.174. The maximum absolute atomic E-state index is 12.7. The van der Waals surface area contributed by atoms with Gasteiger partial charge in [0.25, 0.3) is 5.91 Å². The van der Waals surface area contributed by atoms with Crippen LogP contribution in [0, 0.1) is 6.92 Å². The summed E-state index contributed by atoms with van der Waals surface area (Å²) in [6.07, 6.45) is 0. The van der Waals surface area contributed by atoms with Crippen molar-refractivity contribution in [1.82, 2.24) is 0 Å². The highest BCUT2D eigenvalue weighted by atomic mass is 35.5. The number of anilines is 1. The van der Waals surface area contributed by atoms with E-state index in [9.17, 15) is 4.79 Å². The molecule has 3 aromatic rings. The predicted octanol–water partition coefficient (Wildman–Crippen LogP) is 5.50. The Hall–Kier alpha value is -3.18. The van der Waals surface area contributed by atoms with E-state index in [4.69, 9.17) is 25.8 Å². The molecule has 0 aliphatic rings. The monoisotopic (exact) mass is 411 g/mol. The number of methoxy groups -OCH3 is 2. The third kappa shape index (κ3) is 5.00. The van der Waals surface area contributed by atoms with Crippen LogP contribution < -0.4 is 19.5 Å². The van der Waals surface area contributed by atoms with E-state index < -0.39 is 0 Å². The third-order valence-electron chi connectivity index (χ3n) is 4.37. The average molecular weight is 412 g/mol. The molecule has 0 unspecified atom stereocenters. The average Bonchev–Trinajstić information content (AvgIpc) is 2.73. The smallest absolute Gasteiger partial charge is 0.255 e. The van der Waals surface area contributed by atoms with E-state index in [0.717, 1.165) is 11.1 Å². The minimum absolute atomic E-state index is 0.273. The molecule has 1 N–H and O–H groups in total. The van der Waals surface area contributed by atoms with Gasteiger partial charge in [-0.25, -0.2) is 0 Å². The fourth-order valence-electron chi connectivity index (χ4n) is 2.81. The second-order valence-corrected chi connectivity index (χ2v) is 6.81. The Balaban J connectivity index is 1.77. The molecule has 0 radical (unpaired) electrons. The molecule has 0 atom stereocenters. The van der Waals surface area contributed by atoms with Crippen LogP contribution in [0.2, 0.25) is 5.02 Å². The molecule has 0 saturated carbocycles. The molecule has 3 rings (SSSR count).